The predicted octanol–water partition coefficient (Wildman–Crippen LogP) is 1.87. The Kier molecular flexibility index (Phi) is 5.66. The van der Waals surface area contributed by atoms with E-state index in [4.69, 9.17) is 0 Å². The van der Waals surface area contributed by atoms with Gasteiger partial charge in [-0.2, -0.15) is 0 Å². The van der Waals surface area contributed by atoms with Crippen LogP contribution in [0.4, 0.5) is 0 Å². The van der Waals surface area contributed by atoms with Gasteiger partial charge in [0, 0.05) is 12.6 Å². The molecule has 0 radical (unpaired) electrons. The number of hydrogen-bond donors (Lipinski definition) is 2. The van der Waals surface area contributed by atoms with E-state index in [1.54, 1.807) is 0 Å². The summed E-state index contributed by atoms with van der Waals surface area (Å²) in [6.07, 6.45) is 8.07. The van der Waals surface area contributed by atoms with Crippen LogP contribution in [0.2, 0.25) is 0 Å². The van der Waals surface area contributed by atoms with Crippen molar-refractivity contribution < 1.29 is 8.42 Å². The first-order valence-electron chi connectivity index (χ1n) is 7.76. The molecule has 0 amide bonds. The molecule has 0 atom stereocenters. The Labute approximate surface area is 117 Å². The number of sulfonamides is 1. The summed E-state index contributed by atoms with van der Waals surface area (Å²) in [6.45, 7) is 3.75. The van der Waals surface area contributed by atoms with Gasteiger partial charge in [-0.25, -0.2) is 13.1 Å². The van der Waals surface area contributed by atoms with Gasteiger partial charge in [-0.1, -0.05) is 19.8 Å². The molecule has 5 heteroatoms. The Morgan fingerprint density at radius 1 is 1.05 bits per heavy atom. The quantitative estimate of drug-likeness (QED) is 0.670. The van der Waals surface area contributed by atoms with E-state index in [-0.39, 0.29) is 5.75 Å². The van der Waals surface area contributed by atoms with Crippen LogP contribution >= 0.6 is 0 Å². The Morgan fingerprint density at radius 3 is 2.37 bits per heavy atom. The van der Waals surface area contributed by atoms with Crippen molar-refractivity contribution in [1.29, 1.82) is 0 Å². The molecule has 0 aliphatic heterocycles. The fourth-order valence-electron chi connectivity index (χ4n) is 2.71. The highest BCUT2D eigenvalue weighted by atomic mass is 32.2. The van der Waals surface area contributed by atoms with Crippen molar-refractivity contribution in [2.75, 3.05) is 18.8 Å². The minimum absolute atomic E-state index is 0.260. The van der Waals surface area contributed by atoms with Crippen LogP contribution in [-0.2, 0) is 10.0 Å². The lowest BCUT2D eigenvalue weighted by Gasteiger charge is -2.26. The van der Waals surface area contributed by atoms with E-state index in [1.165, 1.54) is 38.5 Å². The second-order valence-electron chi connectivity index (χ2n) is 6.38. The van der Waals surface area contributed by atoms with E-state index in [0.717, 1.165) is 12.5 Å². The molecule has 112 valence electrons. The highest BCUT2D eigenvalue weighted by Gasteiger charge is 2.21. The second-order valence-corrected chi connectivity index (χ2v) is 8.30. The van der Waals surface area contributed by atoms with Crippen LogP contribution in [0.3, 0.4) is 0 Å². The van der Waals surface area contributed by atoms with E-state index < -0.39 is 10.0 Å². The molecule has 2 aliphatic carbocycles. The average molecular weight is 288 g/mol. The standard InChI is InChI=1S/C14H28N2O2S/c1-12-3-5-13(6-4-12)11-16-19(17,18)10-2-9-15-14-7-8-14/h12-16H,2-11H2,1H3. The zero-order valence-corrected chi connectivity index (χ0v) is 12.8. The van der Waals surface area contributed by atoms with Crippen molar-refractivity contribution in [2.24, 2.45) is 11.8 Å². The molecule has 2 N–H and O–H groups in total. The molecule has 0 aromatic rings. The first-order valence-corrected chi connectivity index (χ1v) is 9.41. The molecule has 0 bridgehead atoms. The van der Waals surface area contributed by atoms with E-state index in [0.29, 0.717) is 24.9 Å². The molecule has 2 aliphatic rings. The van der Waals surface area contributed by atoms with Crippen LogP contribution in [0.1, 0.15) is 51.9 Å². The van der Waals surface area contributed by atoms with E-state index in [1.807, 2.05) is 0 Å². The minimum atomic E-state index is -3.06. The third-order valence-electron chi connectivity index (χ3n) is 4.33. The third-order valence-corrected chi connectivity index (χ3v) is 5.76. The number of nitrogens with one attached hydrogen (secondary N) is 2. The van der Waals surface area contributed by atoms with Gasteiger partial charge in [0.2, 0.25) is 10.0 Å². The first kappa shape index (κ1) is 15.3. The summed E-state index contributed by atoms with van der Waals surface area (Å²) in [6, 6.07) is 0.667. The smallest absolute Gasteiger partial charge is 0.211 e. The van der Waals surface area contributed by atoms with Gasteiger partial charge >= 0.3 is 0 Å². The van der Waals surface area contributed by atoms with Crippen molar-refractivity contribution in [1.82, 2.24) is 10.0 Å². The summed E-state index contributed by atoms with van der Waals surface area (Å²) < 4.78 is 26.5. The normalized spacial score (nSPS) is 28.5. The summed E-state index contributed by atoms with van der Waals surface area (Å²) in [7, 11) is -3.06. The van der Waals surface area contributed by atoms with E-state index >= 15 is 0 Å². The summed E-state index contributed by atoms with van der Waals surface area (Å²) in [5.41, 5.74) is 0. The van der Waals surface area contributed by atoms with Crippen LogP contribution < -0.4 is 10.0 Å². The van der Waals surface area contributed by atoms with Crippen LogP contribution in [-0.4, -0.2) is 33.3 Å². The van der Waals surface area contributed by atoms with E-state index in [9.17, 15) is 8.42 Å². The van der Waals surface area contributed by atoms with Gasteiger partial charge in [0.25, 0.3) is 0 Å². The Bertz CT molecular complexity index is 358. The third kappa shape index (κ3) is 6.23. The molecule has 2 fully saturated rings. The number of rotatable bonds is 8. The summed E-state index contributed by atoms with van der Waals surface area (Å²) in [4.78, 5) is 0. The lowest BCUT2D eigenvalue weighted by Crippen LogP contribution is -2.33. The SMILES string of the molecule is CC1CCC(CNS(=O)(=O)CCCNC2CC2)CC1. The largest absolute Gasteiger partial charge is 0.314 e. The van der Waals surface area contributed by atoms with Crippen molar-refractivity contribution >= 4 is 10.0 Å². The first-order chi connectivity index (χ1) is 9.05. The van der Waals surface area contributed by atoms with Gasteiger partial charge in [-0.15, -0.1) is 0 Å². The van der Waals surface area contributed by atoms with Crippen LogP contribution in [0.15, 0.2) is 0 Å². The topological polar surface area (TPSA) is 58.2 Å². The zero-order chi connectivity index (χ0) is 13.7. The van der Waals surface area contributed by atoms with Crippen molar-refractivity contribution in [2.45, 2.75) is 57.9 Å². The maximum absolute atomic E-state index is 11.9. The Morgan fingerprint density at radius 2 is 1.74 bits per heavy atom. The monoisotopic (exact) mass is 288 g/mol. The molecule has 0 aromatic carbocycles. The van der Waals surface area contributed by atoms with Crippen LogP contribution in [0.25, 0.3) is 0 Å². The molecule has 2 saturated carbocycles. The van der Waals surface area contributed by atoms with Crippen molar-refractivity contribution in [3.05, 3.63) is 0 Å². The van der Waals surface area contributed by atoms with E-state index in [2.05, 4.69) is 17.0 Å². The molecule has 0 aromatic heterocycles. The highest BCUT2D eigenvalue weighted by molar-refractivity contribution is 7.89. The fourth-order valence-corrected chi connectivity index (χ4v) is 3.86. The van der Waals surface area contributed by atoms with Crippen LogP contribution in [0, 0.1) is 11.8 Å². The van der Waals surface area contributed by atoms with Gasteiger partial charge < -0.3 is 5.32 Å². The van der Waals surface area contributed by atoms with Crippen molar-refractivity contribution in [3.8, 4) is 0 Å². The summed E-state index contributed by atoms with van der Waals surface area (Å²) in [5, 5.41) is 3.35. The van der Waals surface area contributed by atoms with Crippen molar-refractivity contribution in [3.63, 3.8) is 0 Å². The zero-order valence-electron chi connectivity index (χ0n) is 12.0. The fraction of sp³-hybridized carbons (Fsp3) is 1.00. The minimum Gasteiger partial charge on any atom is -0.314 e. The molecule has 0 unspecified atom stereocenters. The van der Waals surface area contributed by atoms with Gasteiger partial charge in [0.1, 0.15) is 0 Å². The molecule has 19 heavy (non-hydrogen) atoms. The molecule has 2 rings (SSSR count). The maximum atomic E-state index is 11.9. The Hall–Kier alpha value is -0.130. The van der Waals surface area contributed by atoms with Gasteiger partial charge in [0.05, 0.1) is 5.75 Å². The van der Waals surface area contributed by atoms with Gasteiger partial charge in [-0.3, -0.25) is 0 Å². The molecule has 0 spiro atoms. The van der Waals surface area contributed by atoms with Crippen LogP contribution in [0.5, 0.6) is 0 Å². The Balaban J connectivity index is 1.57. The lowest BCUT2D eigenvalue weighted by atomic mass is 9.83. The molecule has 0 heterocycles. The van der Waals surface area contributed by atoms with Gasteiger partial charge in [0.15, 0.2) is 0 Å². The average Bonchev–Trinajstić information content (AvgIpc) is 3.18. The lowest BCUT2D eigenvalue weighted by molar-refractivity contribution is 0.290. The summed E-state index contributed by atoms with van der Waals surface area (Å²) in [5.74, 6) is 1.63. The van der Waals surface area contributed by atoms with Gasteiger partial charge in [-0.05, 0) is 50.5 Å². The molecule has 0 saturated heterocycles. The predicted molar refractivity (Wildman–Crippen MR) is 78.6 cm³/mol. The molecule has 4 nitrogen and oxygen atoms in total. The number of hydrogen-bond acceptors (Lipinski definition) is 3. The molecular formula is C14H28N2O2S. The maximum Gasteiger partial charge on any atom is 0.211 e. The molecular weight excluding hydrogens is 260 g/mol. The second kappa shape index (κ2) is 7.04. The summed E-state index contributed by atoms with van der Waals surface area (Å²) >= 11 is 0. The highest BCUT2D eigenvalue weighted by Crippen LogP contribution is 2.27.